The largest absolute Gasteiger partial charge is 3.00 e. The Hall–Kier alpha value is 2.35. The normalized spacial score (nSPS) is 13.5. The quantitative estimate of drug-likeness (QED) is 0.191. The maximum Gasteiger partial charge on any atom is 3.00 e. The second kappa shape index (κ2) is 13.8. The smallest absolute Gasteiger partial charge is 0.327 e. The summed E-state index contributed by atoms with van der Waals surface area (Å²) in [6.07, 6.45) is 0. The SMILES string of the molecule is C[Si](C)(C)[CH-][Si](C)(C)C.C[Si](C)(C)[CH-][Si](C)(C)C.C[Si](C)(C)[CH-][Si](C)(C)C.[U+3]. The van der Waals surface area contributed by atoms with E-state index in [4.69, 9.17) is 0 Å². The van der Waals surface area contributed by atoms with Crippen LogP contribution < -0.4 is 0 Å². The molecule has 7 heteroatoms. The summed E-state index contributed by atoms with van der Waals surface area (Å²) in [6.45, 7) is 43.3. The van der Waals surface area contributed by atoms with Crippen molar-refractivity contribution in [2.75, 3.05) is 0 Å². The van der Waals surface area contributed by atoms with E-state index in [1.54, 1.807) is 0 Å². The second-order valence-corrected chi connectivity index (χ2v) is 46.5. The molecule has 0 rings (SSSR count). The predicted molar refractivity (Wildman–Crippen MR) is 153 cm³/mol. The fourth-order valence-electron chi connectivity index (χ4n) is 3.90. The van der Waals surface area contributed by atoms with E-state index in [1.165, 1.54) is 0 Å². The van der Waals surface area contributed by atoms with Gasteiger partial charge in [-0.05, 0) is 0 Å². The summed E-state index contributed by atoms with van der Waals surface area (Å²) in [4.78, 5) is 0. The molecule has 0 fully saturated rings. The molecule has 0 aromatic rings. The predicted octanol–water partition coefficient (Wildman–Crippen LogP) is 8.84. The van der Waals surface area contributed by atoms with Crippen molar-refractivity contribution in [2.45, 2.75) is 118 Å². The van der Waals surface area contributed by atoms with Crippen LogP contribution in [0.25, 0.3) is 0 Å². The van der Waals surface area contributed by atoms with E-state index >= 15 is 0 Å². The average Bonchev–Trinajstić information content (AvgIpc) is 1.96. The molecular weight excluding hydrogens is 659 g/mol. The van der Waals surface area contributed by atoms with Gasteiger partial charge in [0.1, 0.15) is 0 Å². The zero-order chi connectivity index (χ0) is 23.1. The van der Waals surface area contributed by atoms with Crippen molar-refractivity contribution < 1.29 is 31.1 Å². The van der Waals surface area contributed by atoms with Crippen LogP contribution in [0.5, 0.6) is 0 Å². The topological polar surface area (TPSA) is 0 Å². The van der Waals surface area contributed by atoms with Gasteiger partial charge in [-0.15, -0.1) is 48.4 Å². The molecule has 0 nitrogen and oxygen atoms in total. The number of rotatable bonds is 6. The summed E-state index contributed by atoms with van der Waals surface area (Å²) in [5.74, 6) is 0. The van der Waals surface area contributed by atoms with Gasteiger partial charge in [-0.25, -0.2) is 0 Å². The van der Waals surface area contributed by atoms with Gasteiger partial charge in [-0.1, -0.05) is 118 Å². The van der Waals surface area contributed by atoms with Gasteiger partial charge in [0, 0.05) is 0 Å². The van der Waals surface area contributed by atoms with Crippen LogP contribution in [0.3, 0.4) is 0 Å². The van der Waals surface area contributed by atoms with Crippen LogP contribution in [0.15, 0.2) is 0 Å². The van der Waals surface area contributed by atoms with Crippen molar-refractivity contribution in [2.24, 2.45) is 0 Å². The zero-order valence-corrected chi connectivity index (χ0v) is 33.4. The fourth-order valence-corrected chi connectivity index (χ4v) is 35.1. The van der Waals surface area contributed by atoms with Crippen LogP contribution in [0.1, 0.15) is 0 Å². The van der Waals surface area contributed by atoms with Crippen molar-refractivity contribution in [3.63, 3.8) is 0 Å². The third-order valence-corrected chi connectivity index (χ3v) is 23.4. The van der Waals surface area contributed by atoms with Crippen LogP contribution >= 0.6 is 0 Å². The van der Waals surface area contributed by atoms with Crippen molar-refractivity contribution >= 4 is 48.4 Å². The minimum absolute atomic E-state index is 0. The first-order valence-electron chi connectivity index (χ1n) is 10.7. The number of hydrogen-bond donors (Lipinski definition) is 0. The van der Waals surface area contributed by atoms with Gasteiger partial charge >= 0.3 is 31.1 Å². The summed E-state index contributed by atoms with van der Waals surface area (Å²) in [5, 5.41) is 0. The molecule has 0 aromatic carbocycles. The number of hydrogen-bond acceptors (Lipinski definition) is 0. The monoisotopic (exact) mass is 715 g/mol. The average molecular weight is 716 g/mol. The second-order valence-electron chi connectivity index (χ2n) is 14.6. The van der Waals surface area contributed by atoms with Gasteiger partial charge in [0.05, 0.1) is 0 Å². The van der Waals surface area contributed by atoms with E-state index in [2.05, 4.69) is 135 Å². The molecule has 0 aliphatic carbocycles. The minimum atomic E-state index is -0.856. The Bertz CT molecular complexity index is 284. The summed E-state index contributed by atoms with van der Waals surface area (Å²) < 4.78 is 0. The van der Waals surface area contributed by atoms with Crippen molar-refractivity contribution in [3.05, 3.63) is 17.0 Å². The first-order chi connectivity index (χ1) is 11.1. The van der Waals surface area contributed by atoms with Gasteiger partial charge in [-0.2, -0.15) is 0 Å². The Labute approximate surface area is 212 Å². The van der Waals surface area contributed by atoms with Crippen LogP contribution in [-0.4, -0.2) is 48.4 Å². The Morgan fingerprint density at radius 2 is 0.321 bits per heavy atom. The van der Waals surface area contributed by atoms with Gasteiger partial charge in [0.25, 0.3) is 0 Å². The molecule has 0 N–H and O–H groups in total. The maximum atomic E-state index is 2.65. The molecule has 169 valence electrons. The minimum Gasteiger partial charge on any atom is -0.327 e. The van der Waals surface area contributed by atoms with Gasteiger partial charge in [-0.3, -0.25) is 0 Å². The maximum absolute atomic E-state index is 2.65. The summed E-state index contributed by atoms with van der Waals surface area (Å²) in [5.41, 5.74) is 7.96. The Kier molecular flexibility index (Phi) is 18.6. The Morgan fingerprint density at radius 3 is 0.321 bits per heavy atom. The molecule has 0 bridgehead atoms. The molecule has 0 aromatic heterocycles. The molecule has 1 radical (unpaired) electrons. The first kappa shape index (κ1) is 37.7. The molecule has 0 aliphatic heterocycles. The van der Waals surface area contributed by atoms with E-state index in [0.717, 1.165) is 0 Å². The van der Waals surface area contributed by atoms with Crippen LogP contribution in [-0.2, 0) is 0 Å². The van der Waals surface area contributed by atoms with Crippen LogP contribution in [0.4, 0.5) is 0 Å². The zero-order valence-electron chi connectivity index (χ0n) is 23.2. The van der Waals surface area contributed by atoms with E-state index < -0.39 is 48.4 Å². The molecular formula is C21H57Si6U. The first-order valence-corrected chi connectivity index (χ1v) is 32.2. The standard InChI is InChI=1S/3C7H19Si2.U/c3*1-8(2,3)7-9(4,5)6;/h3*7H,1-6H3;/q3*-1;+3. The van der Waals surface area contributed by atoms with Crippen molar-refractivity contribution in [1.29, 1.82) is 0 Å². The van der Waals surface area contributed by atoms with E-state index in [9.17, 15) is 0 Å². The molecule has 0 unspecified atom stereocenters. The summed E-state index contributed by atoms with van der Waals surface area (Å²) >= 11 is 0. The summed E-state index contributed by atoms with van der Waals surface area (Å²) in [6, 6.07) is 0. The van der Waals surface area contributed by atoms with Gasteiger partial charge in [0.2, 0.25) is 0 Å². The fraction of sp³-hybridized carbons (Fsp3) is 0.857. The molecule has 0 amide bonds. The van der Waals surface area contributed by atoms with E-state index in [1.807, 2.05) is 0 Å². The van der Waals surface area contributed by atoms with Gasteiger partial charge < -0.3 is 17.0 Å². The molecule has 0 atom stereocenters. The van der Waals surface area contributed by atoms with Crippen LogP contribution in [0.2, 0.25) is 118 Å². The van der Waals surface area contributed by atoms with Crippen molar-refractivity contribution in [3.8, 4) is 0 Å². The third-order valence-electron chi connectivity index (χ3n) is 2.60. The van der Waals surface area contributed by atoms with E-state index in [0.29, 0.717) is 0 Å². The van der Waals surface area contributed by atoms with Gasteiger partial charge in [0.15, 0.2) is 0 Å². The molecule has 28 heavy (non-hydrogen) atoms. The Balaban J connectivity index is -0.000000152. The molecule has 0 spiro atoms. The Morgan fingerprint density at radius 1 is 0.250 bits per heavy atom. The molecule has 0 aliphatic rings. The van der Waals surface area contributed by atoms with Crippen molar-refractivity contribution in [1.82, 2.24) is 0 Å². The van der Waals surface area contributed by atoms with Crippen LogP contribution in [0, 0.1) is 48.1 Å². The van der Waals surface area contributed by atoms with E-state index in [-0.39, 0.29) is 31.1 Å². The third kappa shape index (κ3) is 51.2. The molecule has 0 heterocycles. The summed E-state index contributed by atoms with van der Waals surface area (Å²) in [7, 11) is -5.14. The molecule has 0 saturated carbocycles. The molecule has 0 saturated heterocycles.